The zero-order chi connectivity index (χ0) is 35.5. The number of hydrogen-bond acceptors (Lipinski definition) is 9. The van der Waals surface area contributed by atoms with Crippen LogP contribution in [-0.2, 0) is 35.2 Å². The number of ketones is 1. The number of unbranched alkanes of at least 4 members (excludes halogenated alkanes) is 1. The molecule has 1 rings (SSSR count). The SMILES string of the molecule is CC(C)[C@H](NC(=O)[C@H](CC(=O)O)NC(=O)[C@@H](CCCCN)NC(=O)[C@@H](N)CCCN=C(N)N)C(=O)C[C@@H](Cc1ccccc1)C(=O)O. The summed E-state index contributed by atoms with van der Waals surface area (Å²) in [5.41, 5.74) is 22.8. The van der Waals surface area contributed by atoms with Crippen LogP contribution in [-0.4, -0.2) is 88.9 Å². The Morgan fingerprint density at radius 3 is 1.98 bits per heavy atom. The van der Waals surface area contributed by atoms with E-state index in [4.69, 9.17) is 22.9 Å². The van der Waals surface area contributed by atoms with E-state index >= 15 is 0 Å². The van der Waals surface area contributed by atoms with Crippen LogP contribution in [0.15, 0.2) is 35.3 Å². The summed E-state index contributed by atoms with van der Waals surface area (Å²) in [7, 11) is 0. The molecule has 0 aromatic heterocycles. The van der Waals surface area contributed by atoms with Crippen LogP contribution in [0.3, 0.4) is 0 Å². The number of carbonyl (C=O) groups is 6. The van der Waals surface area contributed by atoms with Crippen molar-refractivity contribution in [1.29, 1.82) is 0 Å². The van der Waals surface area contributed by atoms with E-state index in [-0.39, 0.29) is 38.2 Å². The minimum Gasteiger partial charge on any atom is -0.481 e. The number of carboxylic acid groups (broad SMARTS) is 2. The van der Waals surface area contributed by atoms with Gasteiger partial charge in [0.2, 0.25) is 17.7 Å². The van der Waals surface area contributed by atoms with E-state index < -0.39 is 77.9 Å². The normalized spacial score (nSPS) is 14.1. The number of carboxylic acids is 2. The van der Waals surface area contributed by atoms with Crippen molar-refractivity contribution in [1.82, 2.24) is 16.0 Å². The highest BCUT2D eigenvalue weighted by atomic mass is 16.4. The molecular formula is C31H50N8O8. The van der Waals surface area contributed by atoms with Crippen LogP contribution in [0.25, 0.3) is 0 Å². The Labute approximate surface area is 274 Å². The van der Waals surface area contributed by atoms with Crippen LogP contribution in [0.2, 0.25) is 0 Å². The summed E-state index contributed by atoms with van der Waals surface area (Å²) in [6.45, 7) is 3.86. The number of aliphatic imine (C=N–C) groups is 1. The Morgan fingerprint density at radius 1 is 0.809 bits per heavy atom. The van der Waals surface area contributed by atoms with Gasteiger partial charge in [-0.3, -0.25) is 33.8 Å². The number of nitrogens with two attached hydrogens (primary N) is 4. The average Bonchev–Trinajstić information content (AvgIpc) is 3.00. The van der Waals surface area contributed by atoms with Gasteiger partial charge in [0.1, 0.15) is 12.1 Å². The number of rotatable bonds is 23. The first kappa shape index (κ1) is 40.5. The number of nitrogens with zero attached hydrogens (tertiary/aromatic N) is 1. The monoisotopic (exact) mass is 662 g/mol. The smallest absolute Gasteiger partial charge is 0.307 e. The third kappa shape index (κ3) is 16.0. The third-order valence-electron chi connectivity index (χ3n) is 7.33. The molecule has 0 unspecified atom stereocenters. The lowest BCUT2D eigenvalue weighted by molar-refractivity contribution is -0.144. The van der Waals surface area contributed by atoms with Gasteiger partial charge in [-0.15, -0.1) is 0 Å². The van der Waals surface area contributed by atoms with Crippen molar-refractivity contribution in [3.05, 3.63) is 35.9 Å². The van der Waals surface area contributed by atoms with Gasteiger partial charge in [-0.25, -0.2) is 0 Å². The zero-order valence-corrected chi connectivity index (χ0v) is 27.0. The first-order valence-corrected chi connectivity index (χ1v) is 15.6. The molecule has 13 N–H and O–H groups in total. The molecule has 1 aromatic carbocycles. The van der Waals surface area contributed by atoms with E-state index in [0.717, 1.165) is 5.56 Å². The van der Waals surface area contributed by atoms with Crippen LogP contribution < -0.4 is 38.9 Å². The van der Waals surface area contributed by atoms with E-state index in [1.54, 1.807) is 44.2 Å². The van der Waals surface area contributed by atoms with Gasteiger partial charge in [-0.1, -0.05) is 44.2 Å². The molecule has 47 heavy (non-hydrogen) atoms. The van der Waals surface area contributed by atoms with Crippen molar-refractivity contribution in [2.45, 2.75) is 89.4 Å². The van der Waals surface area contributed by atoms with Crippen LogP contribution in [0.1, 0.15) is 64.4 Å². The lowest BCUT2D eigenvalue weighted by atomic mass is 9.89. The zero-order valence-electron chi connectivity index (χ0n) is 27.0. The van der Waals surface area contributed by atoms with Crippen molar-refractivity contribution < 1.29 is 39.0 Å². The number of Topliss-reactive ketones (excluding diaryl/α,β-unsaturated/α-hetero) is 1. The fraction of sp³-hybridized carbons (Fsp3) is 0.581. The van der Waals surface area contributed by atoms with E-state index in [1.165, 1.54) is 0 Å². The summed E-state index contributed by atoms with van der Waals surface area (Å²) in [6, 6.07) is 3.84. The molecule has 0 radical (unpaired) electrons. The molecule has 0 saturated carbocycles. The van der Waals surface area contributed by atoms with E-state index in [9.17, 15) is 39.0 Å². The molecule has 262 valence electrons. The van der Waals surface area contributed by atoms with Crippen molar-refractivity contribution in [2.75, 3.05) is 13.1 Å². The molecule has 0 aliphatic rings. The number of amides is 3. The molecule has 16 nitrogen and oxygen atoms in total. The van der Waals surface area contributed by atoms with Gasteiger partial charge < -0.3 is 49.1 Å². The molecule has 0 fully saturated rings. The first-order valence-electron chi connectivity index (χ1n) is 15.6. The Kier molecular flexibility index (Phi) is 18.3. The molecule has 0 bridgehead atoms. The molecule has 16 heteroatoms. The largest absolute Gasteiger partial charge is 0.481 e. The maximum Gasteiger partial charge on any atom is 0.307 e. The lowest BCUT2D eigenvalue weighted by Gasteiger charge is -2.27. The number of hydrogen-bond donors (Lipinski definition) is 9. The number of carbonyl (C=O) groups excluding carboxylic acids is 4. The average molecular weight is 663 g/mol. The summed E-state index contributed by atoms with van der Waals surface area (Å²) in [5, 5.41) is 26.7. The molecule has 3 amide bonds. The van der Waals surface area contributed by atoms with Crippen molar-refractivity contribution in [2.24, 2.45) is 39.8 Å². The quantitative estimate of drug-likeness (QED) is 0.0387. The Morgan fingerprint density at radius 2 is 1.43 bits per heavy atom. The van der Waals surface area contributed by atoms with Gasteiger partial charge in [0.05, 0.1) is 24.4 Å². The molecule has 0 aliphatic heterocycles. The molecule has 0 spiro atoms. The Bertz CT molecular complexity index is 1220. The summed E-state index contributed by atoms with van der Waals surface area (Å²) >= 11 is 0. The molecule has 0 heterocycles. The maximum atomic E-state index is 13.3. The predicted octanol–water partition coefficient (Wildman–Crippen LogP) is -1.02. The van der Waals surface area contributed by atoms with Gasteiger partial charge in [0.25, 0.3) is 0 Å². The van der Waals surface area contributed by atoms with E-state index in [1.807, 2.05) is 0 Å². The standard InChI is InChI=1S/C31H50N8O8/c1-18(2)26(24(40)16-20(30(46)47)15-19-9-4-3-5-10-19)39-29(45)23(17-25(41)42)38-28(44)22(12-6-7-13-32)37-27(43)21(33)11-8-14-36-31(34)35/h3-5,9-10,18,20-23,26H,6-8,11-17,32-33H2,1-2H3,(H,37,43)(H,38,44)(H,39,45)(H,41,42)(H,46,47)(H4,34,35,36)/t20-,21+,22-,23+,26+/m1/s1. The Hall–Kier alpha value is -4.57. The van der Waals surface area contributed by atoms with Crippen molar-refractivity contribution >= 4 is 41.4 Å². The van der Waals surface area contributed by atoms with Crippen LogP contribution in [0.4, 0.5) is 0 Å². The third-order valence-corrected chi connectivity index (χ3v) is 7.33. The lowest BCUT2D eigenvalue weighted by Crippen LogP contribution is -2.58. The summed E-state index contributed by atoms with van der Waals surface area (Å²) in [5.74, 6) is -7.22. The molecule has 5 atom stereocenters. The Balaban J connectivity index is 3.06. The summed E-state index contributed by atoms with van der Waals surface area (Å²) < 4.78 is 0. The molecule has 1 aromatic rings. The second kappa shape index (κ2) is 21.3. The van der Waals surface area contributed by atoms with Crippen LogP contribution in [0, 0.1) is 11.8 Å². The highest BCUT2D eigenvalue weighted by Crippen LogP contribution is 2.17. The van der Waals surface area contributed by atoms with Gasteiger partial charge in [0, 0.05) is 13.0 Å². The highest BCUT2D eigenvalue weighted by molar-refractivity contribution is 5.97. The predicted molar refractivity (Wildman–Crippen MR) is 175 cm³/mol. The van der Waals surface area contributed by atoms with Gasteiger partial charge >= 0.3 is 11.9 Å². The van der Waals surface area contributed by atoms with E-state index in [0.29, 0.717) is 25.8 Å². The number of nitrogens with one attached hydrogen (secondary N) is 3. The van der Waals surface area contributed by atoms with Gasteiger partial charge in [-0.05, 0) is 56.6 Å². The second-order valence-corrected chi connectivity index (χ2v) is 11.7. The summed E-state index contributed by atoms with van der Waals surface area (Å²) in [4.78, 5) is 80.2. The molecule has 0 saturated heterocycles. The van der Waals surface area contributed by atoms with Crippen LogP contribution in [0.5, 0.6) is 0 Å². The topological polar surface area (TPSA) is 295 Å². The fourth-order valence-electron chi connectivity index (χ4n) is 4.74. The first-order chi connectivity index (χ1) is 22.2. The number of benzene rings is 1. The van der Waals surface area contributed by atoms with E-state index in [2.05, 4.69) is 20.9 Å². The fourth-order valence-corrected chi connectivity index (χ4v) is 4.74. The number of guanidine groups is 1. The molecule has 0 aliphatic carbocycles. The minimum atomic E-state index is -1.61. The van der Waals surface area contributed by atoms with Crippen molar-refractivity contribution in [3.63, 3.8) is 0 Å². The second-order valence-electron chi connectivity index (χ2n) is 11.7. The highest BCUT2D eigenvalue weighted by Gasteiger charge is 2.34. The van der Waals surface area contributed by atoms with Crippen LogP contribution >= 0.6 is 0 Å². The summed E-state index contributed by atoms with van der Waals surface area (Å²) in [6.07, 6.45) is 0.582. The minimum absolute atomic E-state index is 0.0928. The van der Waals surface area contributed by atoms with Gasteiger partial charge in [-0.2, -0.15) is 0 Å². The molecular weight excluding hydrogens is 612 g/mol. The van der Waals surface area contributed by atoms with Gasteiger partial charge in [0.15, 0.2) is 11.7 Å². The van der Waals surface area contributed by atoms with Crippen molar-refractivity contribution in [3.8, 4) is 0 Å². The maximum absolute atomic E-state index is 13.3. The number of aliphatic carboxylic acids is 2.